The number of rotatable bonds is 4. The Bertz CT molecular complexity index is 612. The number of pyridine rings is 1. The summed E-state index contributed by atoms with van der Waals surface area (Å²) in [5, 5.41) is 2.72. The maximum Gasteiger partial charge on any atom is 0.259 e. The number of aromatic nitrogens is 1. The highest BCUT2D eigenvalue weighted by Crippen LogP contribution is 2.25. The van der Waals surface area contributed by atoms with E-state index in [1.807, 2.05) is 0 Å². The lowest BCUT2D eigenvalue weighted by Gasteiger charge is -2.10. The van der Waals surface area contributed by atoms with Crippen LogP contribution in [0, 0.1) is 0 Å². The summed E-state index contributed by atoms with van der Waals surface area (Å²) in [5.74, 6) is 1.15. The van der Waals surface area contributed by atoms with E-state index in [1.54, 1.807) is 37.4 Å². The lowest BCUT2D eigenvalue weighted by atomic mass is 10.1. The Morgan fingerprint density at radius 2 is 2.00 bits per heavy atom. The van der Waals surface area contributed by atoms with E-state index in [1.165, 1.54) is 13.3 Å². The van der Waals surface area contributed by atoms with Gasteiger partial charge in [0.15, 0.2) is 0 Å². The molecular formula is C14H15N3O3. The highest BCUT2D eigenvalue weighted by molar-refractivity contribution is 6.06. The maximum absolute atomic E-state index is 12.2. The summed E-state index contributed by atoms with van der Waals surface area (Å²) in [6.45, 7) is 0. The van der Waals surface area contributed by atoms with Crippen LogP contribution in [0.2, 0.25) is 0 Å². The molecule has 0 radical (unpaired) electrons. The molecule has 0 bridgehead atoms. The third-order valence-corrected chi connectivity index (χ3v) is 2.70. The van der Waals surface area contributed by atoms with Gasteiger partial charge in [-0.05, 0) is 24.3 Å². The number of nitrogen functional groups attached to an aromatic ring is 1. The van der Waals surface area contributed by atoms with Crippen LogP contribution in [0.4, 0.5) is 11.5 Å². The van der Waals surface area contributed by atoms with Gasteiger partial charge in [-0.1, -0.05) is 0 Å². The second-order valence-corrected chi connectivity index (χ2v) is 3.99. The van der Waals surface area contributed by atoms with Gasteiger partial charge in [-0.2, -0.15) is 0 Å². The Balaban J connectivity index is 2.22. The van der Waals surface area contributed by atoms with Gasteiger partial charge in [-0.25, -0.2) is 4.98 Å². The molecule has 1 aromatic heterocycles. The van der Waals surface area contributed by atoms with Crippen molar-refractivity contribution >= 4 is 17.4 Å². The van der Waals surface area contributed by atoms with Crippen LogP contribution in [0.15, 0.2) is 36.5 Å². The molecule has 0 spiro atoms. The van der Waals surface area contributed by atoms with Gasteiger partial charge in [0.25, 0.3) is 5.91 Å². The van der Waals surface area contributed by atoms with Crippen LogP contribution in [0.25, 0.3) is 0 Å². The van der Waals surface area contributed by atoms with Crippen molar-refractivity contribution in [1.82, 2.24) is 4.98 Å². The molecule has 0 fully saturated rings. The molecule has 1 amide bonds. The molecule has 0 aliphatic rings. The number of nitrogens with zero attached hydrogens (tertiary/aromatic N) is 1. The zero-order chi connectivity index (χ0) is 14.5. The van der Waals surface area contributed by atoms with Crippen molar-refractivity contribution in [3.63, 3.8) is 0 Å². The normalized spacial score (nSPS) is 9.90. The number of amides is 1. The summed E-state index contributed by atoms with van der Waals surface area (Å²) in [5.41, 5.74) is 6.45. The third-order valence-electron chi connectivity index (χ3n) is 2.70. The van der Waals surface area contributed by atoms with Crippen LogP contribution >= 0.6 is 0 Å². The van der Waals surface area contributed by atoms with Gasteiger partial charge < -0.3 is 20.5 Å². The van der Waals surface area contributed by atoms with Gasteiger partial charge in [-0.3, -0.25) is 4.79 Å². The summed E-state index contributed by atoms with van der Waals surface area (Å²) in [4.78, 5) is 16.1. The first-order chi connectivity index (χ1) is 9.63. The third kappa shape index (κ3) is 2.97. The molecule has 20 heavy (non-hydrogen) atoms. The van der Waals surface area contributed by atoms with Crippen LogP contribution in [0.5, 0.6) is 11.5 Å². The summed E-state index contributed by atoms with van der Waals surface area (Å²) in [7, 11) is 3.05. The summed E-state index contributed by atoms with van der Waals surface area (Å²) in [6.07, 6.45) is 1.49. The number of benzene rings is 1. The average Bonchev–Trinajstić information content (AvgIpc) is 2.48. The number of hydrogen-bond donors (Lipinski definition) is 2. The molecule has 104 valence electrons. The Kier molecular flexibility index (Phi) is 4.05. The number of nitrogens with two attached hydrogens (primary N) is 1. The summed E-state index contributed by atoms with van der Waals surface area (Å²) < 4.78 is 10.3. The quantitative estimate of drug-likeness (QED) is 0.889. The number of methoxy groups -OCH3 is 2. The second kappa shape index (κ2) is 5.92. The molecule has 0 aliphatic heterocycles. The topological polar surface area (TPSA) is 86.5 Å². The minimum Gasteiger partial charge on any atom is -0.497 e. The van der Waals surface area contributed by atoms with Crippen molar-refractivity contribution in [1.29, 1.82) is 0 Å². The highest BCUT2D eigenvalue weighted by Gasteiger charge is 2.13. The minimum atomic E-state index is -0.295. The van der Waals surface area contributed by atoms with Crippen molar-refractivity contribution in [2.45, 2.75) is 0 Å². The van der Waals surface area contributed by atoms with Crippen molar-refractivity contribution in [2.75, 3.05) is 25.3 Å². The van der Waals surface area contributed by atoms with E-state index in [4.69, 9.17) is 15.2 Å². The van der Waals surface area contributed by atoms with Crippen LogP contribution in [0.3, 0.4) is 0 Å². The Labute approximate surface area is 116 Å². The molecule has 6 heteroatoms. The number of anilines is 2. The summed E-state index contributed by atoms with van der Waals surface area (Å²) in [6, 6.07) is 8.27. The SMILES string of the molecule is COc1ccc(C(=O)Nc2ccc(N)nc2)c(OC)c1. The Morgan fingerprint density at radius 1 is 1.20 bits per heavy atom. The highest BCUT2D eigenvalue weighted by atomic mass is 16.5. The van der Waals surface area contributed by atoms with E-state index >= 15 is 0 Å². The van der Waals surface area contributed by atoms with Gasteiger partial charge in [0.05, 0.1) is 31.7 Å². The molecule has 0 aliphatic carbocycles. The van der Waals surface area contributed by atoms with E-state index < -0.39 is 0 Å². The van der Waals surface area contributed by atoms with Crippen molar-refractivity contribution < 1.29 is 14.3 Å². The molecule has 1 aromatic carbocycles. The number of carbonyl (C=O) groups excluding carboxylic acids is 1. The van der Waals surface area contributed by atoms with Crippen molar-refractivity contribution in [3.8, 4) is 11.5 Å². The first kappa shape index (κ1) is 13.7. The Hall–Kier alpha value is -2.76. The zero-order valence-electron chi connectivity index (χ0n) is 11.2. The Morgan fingerprint density at radius 3 is 2.60 bits per heavy atom. The lowest BCUT2D eigenvalue weighted by molar-refractivity contribution is 0.102. The fraction of sp³-hybridized carbons (Fsp3) is 0.143. The molecule has 2 rings (SSSR count). The predicted octanol–water partition coefficient (Wildman–Crippen LogP) is 1.93. The molecule has 2 aromatic rings. The first-order valence-electron chi connectivity index (χ1n) is 5.89. The number of hydrogen-bond acceptors (Lipinski definition) is 5. The number of nitrogens with one attached hydrogen (secondary N) is 1. The van der Waals surface area contributed by atoms with E-state index in [9.17, 15) is 4.79 Å². The molecule has 0 atom stereocenters. The van der Waals surface area contributed by atoms with Crippen LogP contribution in [-0.2, 0) is 0 Å². The molecule has 0 saturated heterocycles. The van der Waals surface area contributed by atoms with Gasteiger partial charge in [0.1, 0.15) is 17.3 Å². The zero-order valence-corrected chi connectivity index (χ0v) is 11.2. The van der Waals surface area contributed by atoms with Crippen LogP contribution < -0.4 is 20.5 Å². The fourth-order valence-electron chi connectivity index (χ4n) is 1.66. The van der Waals surface area contributed by atoms with Gasteiger partial charge in [0.2, 0.25) is 0 Å². The second-order valence-electron chi connectivity index (χ2n) is 3.99. The number of ether oxygens (including phenoxy) is 2. The molecule has 1 heterocycles. The van der Waals surface area contributed by atoms with E-state index in [-0.39, 0.29) is 5.91 Å². The van der Waals surface area contributed by atoms with Gasteiger partial charge in [-0.15, -0.1) is 0 Å². The monoisotopic (exact) mass is 273 g/mol. The number of carbonyl (C=O) groups is 1. The molecule has 0 unspecified atom stereocenters. The van der Waals surface area contributed by atoms with Gasteiger partial charge in [0, 0.05) is 6.07 Å². The molecule has 0 saturated carbocycles. The van der Waals surface area contributed by atoms with Crippen molar-refractivity contribution in [2.24, 2.45) is 0 Å². The van der Waals surface area contributed by atoms with E-state index in [2.05, 4.69) is 10.3 Å². The standard InChI is InChI=1S/C14H15N3O3/c1-19-10-4-5-11(12(7-10)20-2)14(18)17-9-3-6-13(15)16-8-9/h3-8H,1-2H3,(H2,15,16)(H,17,18). The molecule has 3 N–H and O–H groups in total. The fourth-order valence-corrected chi connectivity index (χ4v) is 1.66. The largest absolute Gasteiger partial charge is 0.497 e. The van der Waals surface area contributed by atoms with E-state index in [0.717, 1.165) is 0 Å². The molecular weight excluding hydrogens is 258 g/mol. The van der Waals surface area contributed by atoms with E-state index in [0.29, 0.717) is 28.6 Å². The maximum atomic E-state index is 12.2. The van der Waals surface area contributed by atoms with Crippen molar-refractivity contribution in [3.05, 3.63) is 42.1 Å². The minimum absolute atomic E-state index is 0.295. The van der Waals surface area contributed by atoms with Gasteiger partial charge >= 0.3 is 0 Å². The average molecular weight is 273 g/mol. The van der Waals surface area contributed by atoms with Crippen LogP contribution in [-0.4, -0.2) is 25.1 Å². The smallest absolute Gasteiger partial charge is 0.259 e. The predicted molar refractivity (Wildman–Crippen MR) is 76.1 cm³/mol. The lowest BCUT2D eigenvalue weighted by Crippen LogP contribution is -2.13. The summed E-state index contributed by atoms with van der Waals surface area (Å²) >= 11 is 0. The molecule has 6 nitrogen and oxygen atoms in total. The van der Waals surface area contributed by atoms with Crippen LogP contribution in [0.1, 0.15) is 10.4 Å². The first-order valence-corrected chi connectivity index (χ1v) is 5.89.